The molecular weight excluding hydrogens is 399 g/mol. The van der Waals surface area contributed by atoms with E-state index in [1.54, 1.807) is 6.92 Å². The van der Waals surface area contributed by atoms with Gasteiger partial charge in [-0.3, -0.25) is 0 Å². The van der Waals surface area contributed by atoms with Crippen LogP contribution in [-0.4, -0.2) is 31.9 Å². The Balaban J connectivity index is 2.29. The number of alkyl halides is 3. The summed E-state index contributed by atoms with van der Waals surface area (Å²) in [7, 11) is -4.15. The van der Waals surface area contributed by atoms with Crippen molar-refractivity contribution in [3.63, 3.8) is 0 Å². The predicted molar refractivity (Wildman–Crippen MR) is 79.7 cm³/mol. The van der Waals surface area contributed by atoms with Gasteiger partial charge in [-0.05, 0) is 47.5 Å². The first-order chi connectivity index (χ1) is 10.5. The van der Waals surface area contributed by atoms with Crippen molar-refractivity contribution in [2.24, 2.45) is 0 Å². The molecule has 23 heavy (non-hydrogen) atoms. The fraction of sp³-hybridized carbons (Fsp3) is 0.462. The van der Waals surface area contributed by atoms with Crippen LogP contribution >= 0.6 is 15.9 Å². The van der Waals surface area contributed by atoms with Gasteiger partial charge in [-0.1, -0.05) is 0 Å². The molecule has 1 N–H and O–H groups in total. The van der Waals surface area contributed by atoms with Crippen molar-refractivity contribution in [2.75, 3.05) is 6.54 Å². The first-order valence-corrected chi connectivity index (χ1v) is 8.87. The molecule has 1 aromatic carbocycles. The second-order valence-electron chi connectivity index (χ2n) is 5.30. The minimum Gasteiger partial charge on any atom is -0.306 e. The van der Waals surface area contributed by atoms with Crippen LogP contribution in [0, 0.1) is 11.5 Å². The Morgan fingerprint density at radius 3 is 2.61 bits per heavy atom. The molecule has 5 nitrogen and oxygen atoms in total. The van der Waals surface area contributed by atoms with E-state index >= 15 is 0 Å². The van der Waals surface area contributed by atoms with Crippen LogP contribution in [0.1, 0.15) is 18.9 Å². The van der Waals surface area contributed by atoms with Gasteiger partial charge in [-0.2, -0.15) is 18.4 Å². The summed E-state index contributed by atoms with van der Waals surface area (Å²) < 4.78 is 65.5. The molecule has 0 bridgehead atoms. The third-order valence-corrected chi connectivity index (χ3v) is 6.09. The summed E-state index contributed by atoms with van der Waals surface area (Å²) >= 11 is 2.97. The lowest BCUT2D eigenvalue weighted by molar-refractivity contribution is -0.137. The van der Waals surface area contributed by atoms with Gasteiger partial charge in [0.05, 0.1) is 10.5 Å². The highest BCUT2D eigenvalue weighted by atomic mass is 79.9. The molecule has 1 aliphatic heterocycles. The summed E-state index contributed by atoms with van der Waals surface area (Å²) in [6.45, 7) is 1.96. The summed E-state index contributed by atoms with van der Waals surface area (Å²) in [5, 5.41) is 8.91. The van der Waals surface area contributed by atoms with Crippen molar-refractivity contribution in [1.29, 1.82) is 5.26 Å². The quantitative estimate of drug-likeness (QED) is 0.775. The number of rotatable bonds is 3. The van der Waals surface area contributed by atoms with Gasteiger partial charge < -0.3 is 4.90 Å². The highest BCUT2D eigenvalue weighted by Crippen LogP contribution is 2.33. The zero-order chi connectivity index (χ0) is 17.4. The minimum atomic E-state index is -4.63. The number of likely N-dealkylation sites (tertiary alicyclic amines) is 1. The Hall–Kier alpha value is -1.31. The Labute approximate surface area is 140 Å². The molecule has 1 aliphatic rings. The van der Waals surface area contributed by atoms with Crippen LogP contribution in [0.4, 0.5) is 13.2 Å². The van der Waals surface area contributed by atoms with Crippen LogP contribution in [-0.2, 0) is 16.2 Å². The van der Waals surface area contributed by atoms with E-state index in [0.29, 0.717) is 12.5 Å². The molecule has 1 saturated heterocycles. The first kappa shape index (κ1) is 18.0. The Morgan fingerprint density at radius 2 is 2.09 bits per heavy atom. The molecule has 0 spiro atoms. The van der Waals surface area contributed by atoms with E-state index in [4.69, 9.17) is 5.26 Å². The number of nitrogens with one attached hydrogen (secondary N) is 1. The highest BCUT2D eigenvalue weighted by molar-refractivity contribution is 9.10. The molecule has 0 aliphatic carbocycles. The zero-order valence-corrected chi connectivity index (χ0v) is 14.3. The molecule has 2 rings (SSSR count). The second-order valence-corrected chi connectivity index (χ2v) is 7.83. The first-order valence-electron chi connectivity index (χ1n) is 6.60. The lowest BCUT2D eigenvalue weighted by Gasteiger charge is -2.15. The maximum absolute atomic E-state index is 12.8. The van der Waals surface area contributed by atoms with Gasteiger partial charge >= 0.3 is 6.18 Å². The number of halogens is 4. The average molecular weight is 412 g/mol. The summed E-state index contributed by atoms with van der Waals surface area (Å²) in [4.78, 5) is 0.948. The summed E-state index contributed by atoms with van der Waals surface area (Å²) in [6, 6.07) is 1.79. The summed E-state index contributed by atoms with van der Waals surface area (Å²) in [5.74, 6) is 0. The standard InChI is InChI=1S/C13H13BrF3N3O2S/c1-8-4-10(6-20(8)7-18)19-23(21,22)12-5-9(13(15,16)17)2-3-11(12)14/h2-3,5,8,10,19H,4,6H2,1H3/t8-,10+/m0/s1. The normalized spacial score (nSPS) is 22.2. The van der Waals surface area contributed by atoms with E-state index in [2.05, 4.69) is 20.7 Å². The van der Waals surface area contributed by atoms with Gasteiger partial charge in [0, 0.05) is 23.1 Å². The lowest BCUT2D eigenvalue weighted by Crippen LogP contribution is -2.36. The molecule has 0 aromatic heterocycles. The SMILES string of the molecule is C[C@H]1C[C@@H](NS(=O)(=O)c2cc(C(F)(F)F)ccc2Br)CN1C#N. The van der Waals surface area contributed by atoms with Gasteiger partial charge in [0.2, 0.25) is 10.0 Å². The molecular formula is C13H13BrF3N3O2S. The third kappa shape index (κ3) is 3.97. The van der Waals surface area contributed by atoms with Crippen molar-refractivity contribution < 1.29 is 21.6 Å². The number of hydrogen-bond acceptors (Lipinski definition) is 4. The number of nitriles is 1. The maximum atomic E-state index is 12.8. The molecule has 1 aromatic rings. The smallest absolute Gasteiger partial charge is 0.306 e. The maximum Gasteiger partial charge on any atom is 0.416 e. The topological polar surface area (TPSA) is 73.2 Å². The van der Waals surface area contributed by atoms with Crippen LogP contribution < -0.4 is 4.72 Å². The van der Waals surface area contributed by atoms with Crippen molar-refractivity contribution in [1.82, 2.24) is 9.62 Å². The molecule has 0 unspecified atom stereocenters. The van der Waals surface area contributed by atoms with Gasteiger partial charge in [-0.25, -0.2) is 13.1 Å². The lowest BCUT2D eigenvalue weighted by atomic mass is 10.2. The van der Waals surface area contributed by atoms with Gasteiger partial charge in [-0.15, -0.1) is 0 Å². The molecule has 0 saturated carbocycles. The Kier molecular flexibility index (Phi) is 4.94. The molecule has 10 heteroatoms. The third-order valence-electron chi connectivity index (χ3n) is 3.57. The molecule has 0 radical (unpaired) electrons. The fourth-order valence-corrected chi connectivity index (χ4v) is 4.65. The molecule has 1 fully saturated rings. The number of nitrogens with zero attached hydrogens (tertiary/aromatic N) is 2. The molecule has 1 heterocycles. The number of hydrogen-bond donors (Lipinski definition) is 1. The van der Waals surface area contributed by atoms with E-state index in [1.807, 2.05) is 6.19 Å². The Morgan fingerprint density at radius 1 is 1.43 bits per heavy atom. The Bertz CT molecular complexity index is 746. The minimum absolute atomic E-state index is 0.0428. The molecule has 126 valence electrons. The van der Waals surface area contributed by atoms with Crippen LogP contribution in [0.25, 0.3) is 0 Å². The average Bonchev–Trinajstić information content (AvgIpc) is 2.76. The summed E-state index contributed by atoms with van der Waals surface area (Å²) in [5.41, 5.74) is -1.04. The van der Waals surface area contributed by atoms with Crippen molar-refractivity contribution >= 4 is 26.0 Å². The van der Waals surface area contributed by atoms with E-state index in [-0.39, 0.29) is 17.1 Å². The van der Waals surface area contributed by atoms with Gasteiger partial charge in [0.15, 0.2) is 6.19 Å². The number of benzene rings is 1. The van der Waals surface area contributed by atoms with Crippen LogP contribution in [0.3, 0.4) is 0 Å². The second kappa shape index (κ2) is 6.30. The fourth-order valence-electron chi connectivity index (χ4n) is 2.42. The molecule has 0 amide bonds. The number of sulfonamides is 1. The van der Waals surface area contributed by atoms with E-state index in [9.17, 15) is 21.6 Å². The van der Waals surface area contributed by atoms with E-state index in [1.165, 1.54) is 4.90 Å². The summed E-state index contributed by atoms with van der Waals surface area (Å²) in [6.07, 6.45) is -2.28. The highest BCUT2D eigenvalue weighted by Gasteiger charge is 2.35. The van der Waals surface area contributed by atoms with Gasteiger partial charge in [0.25, 0.3) is 0 Å². The van der Waals surface area contributed by atoms with Crippen molar-refractivity contribution in [3.8, 4) is 6.19 Å². The zero-order valence-electron chi connectivity index (χ0n) is 11.9. The van der Waals surface area contributed by atoms with E-state index < -0.39 is 32.7 Å². The molecule has 2 atom stereocenters. The monoisotopic (exact) mass is 411 g/mol. The largest absolute Gasteiger partial charge is 0.416 e. The van der Waals surface area contributed by atoms with Crippen molar-refractivity contribution in [2.45, 2.75) is 36.5 Å². The van der Waals surface area contributed by atoms with Crippen LogP contribution in [0.15, 0.2) is 27.6 Å². The van der Waals surface area contributed by atoms with Crippen LogP contribution in [0.5, 0.6) is 0 Å². The van der Waals surface area contributed by atoms with Crippen molar-refractivity contribution in [3.05, 3.63) is 28.2 Å². The predicted octanol–water partition coefficient (Wildman–Crippen LogP) is 2.69. The van der Waals surface area contributed by atoms with Gasteiger partial charge in [0.1, 0.15) is 0 Å². The van der Waals surface area contributed by atoms with E-state index in [0.717, 1.165) is 12.1 Å². The van der Waals surface area contributed by atoms with Crippen LogP contribution in [0.2, 0.25) is 0 Å².